The Kier molecular flexibility index (Phi) is 8.05. The minimum atomic E-state index is -3.25. The molecule has 0 saturated carbocycles. The molecule has 0 spiro atoms. The lowest BCUT2D eigenvalue weighted by molar-refractivity contribution is -0.00263. The van der Waals surface area contributed by atoms with Crippen molar-refractivity contribution >= 4 is 37.8 Å². The monoisotopic (exact) mass is 495 g/mol. The number of aliphatic hydroxyl groups excluding tert-OH is 1. The van der Waals surface area contributed by atoms with E-state index < -0.39 is 38.7 Å². The van der Waals surface area contributed by atoms with Crippen LogP contribution in [-0.2, 0) is 26.5 Å². The Bertz CT molecular complexity index is 875. The van der Waals surface area contributed by atoms with Crippen molar-refractivity contribution < 1.29 is 18.8 Å². The molecule has 0 radical (unpaired) electrons. The van der Waals surface area contributed by atoms with Crippen LogP contribution in [0.25, 0.3) is 0 Å². The molecule has 2 unspecified atom stereocenters. The maximum atomic E-state index is 13.6. The second-order valence-electron chi connectivity index (χ2n) is 11.2. The standard InChI is InChI=1S/C19H41N3O4S2Si2/c1-17(2,3)29(8,9)22-28(20,25)15-14(12-26-30(10,11)18(4,5)6)21-16(27-15)19(7,24)13-23/h23-24H,12-13H2,1-11H3,(H2,20,22,25). The Balaban J connectivity index is 3.59. The van der Waals surface area contributed by atoms with Crippen molar-refractivity contribution in [2.75, 3.05) is 6.61 Å². The molecule has 1 aromatic heterocycles. The number of aromatic nitrogens is 1. The Morgan fingerprint density at radius 1 is 1.10 bits per heavy atom. The Morgan fingerprint density at radius 3 is 2.00 bits per heavy atom. The van der Waals surface area contributed by atoms with Crippen LogP contribution >= 0.6 is 11.3 Å². The fourth-order valence-corrected chi connectivity index (χ4v) is 9.34. The summed E-state index contributed by atoms with van der Waals surface area (Å²) in [5.41, 5.74) is -1.12. The van der Waals surface area contributed by atoms with E-state index in [-0.39, 0.29) is 21.7 Å². The average molecular weight is 496 g/mol. The molecule has 30 heavy (non-hydrogen) atoms. The maximum Gasteiger partial charge on any atom is 0.195 e. The lowest BCUT2D eigenvalue weighted by atomic mass is 10.1. The molecule has 2 atom stereocenters. The molecule has 176 valence electrons. The van der Waals surface area contributed by atoms with Crippen molar-refractivity contribution in [2.24, 2.45) is 9.17 Å². The van der Waals surface area contributed by atoms with Crippen LogP contribution in [0.5, 0.6) is 0 Å². The number of nitrogens with zero attached hydrogens (tertiary/aromatic N) is 2. The highest BCUT2D eigenvalue weighted by molar-refractivity contribution is 7.94. The van der Waals surface area contributed by atoms with E-state index >= 15 is 0 Å². The SMILES string of the molecule is CC(O)(CO)c1nc(CO[Si](C)(C)C(C)(C)C)c(S(N)(=O)=N[Si](C)(C)C(C)(C)C)s1. The van der Waals surface area contributed by atoms with E-state index in [9.17, 15) is 14.4 Å². The van der Waals surface area contributed by atoms with Crippen molar-refractivity contribution in [3.8, 4) is 0 Å². The predicted molar refractivity (Wildman–Crippen MR) is 131 cm³/mol. The van der Waals surface area contributed by atoms with Gasteiger partial charge in [-0.2, -0.15) is 0 Å². The van der Waals surface area contributed by atoms with Crippen molar-refractivity contribution in [1.29, 1.82) is 0 Å². The number of nitrogens with two attached hydrogens (primary N) is 1. The normalized spacial score (nSPS) is 18.1. The van der Waals surface area contributed by atoms with Gasteiger partial charge in [0.2, 0.25) is 0 Å². The van der Waals surface area contributed by atoms with E-state index in [0.29, 0.717) is 9.90 Å². The predicted octanol–water partition coefficient (Wildman–Crippen LogP) is 4.57. The first-order valence-electron chi connectivity index (χ1n) is 10.1. The average Bonchev–Trinajstić information content (AvgIpc) is 2.96. The van der Waals surface area contributed by atoms with E-state index in [1.54, 1.807) is 0 Å². The summed E-state index contributed by atoms with van der Waals surface area (Å²) in [4.78, 5) is 4.50. The van der Waals surface area contributed by atoms with Crippen LogP contribution < -0.4 is 5.14 Å². The zero-order valence-electron chi connectivity index (χ0n) is 20.4. The van der Waals surface area contributed by atoms with Crippen LogP contribution in [0.15, 0.2) is 8.24 Å². The molecule has 11 heteroatoms. The zero-order valence-corrected chi connectivity index (χ0v) is 24.0. The third-order valence-corrected chi connectivity index (χ3v) is 20.2. The number of thiazole rings is 1. The molecular weight excluding hydrogens is 455 g/mol. The van der Waals surface area contributed by atoms with Crippen LogP contribution in [0.2, 0.25) is 36.3 Å². The Labute approximate surface area is 189 Å². The minimum Gasteiger partial charge on any atom is -0.411 e. The third kappa shape index (κ3) is 6.21. The Morgan fingerprint density at radius 2 is 1.60 bits per heavy atom. The highest BCUT2D eigenvalue weighted by atomic mass is 32.2. The number of hydrogen-bond acceptors (Lipinski definition) is 7. The van der Waals surface area contributed by atoms with Gasteiger partial charge in [0.1, 0.15) is 24.7 Å². The van der Waals surface area contributed by atoms with Crippen molar-refractivity contribution in [2.45, 2.75) is 101 Å². The van der Waals surface area contributed by atoms with Gasteiger partial charge in [-0.05, 0) is 43.2 Å². The molecule has 0 aromatic carbocycles. The van der Waals surface area contributed by atoms with Crippen LogP contribution in [0, 0.1) is 0 Å². The molecule has 4 N–H and O–H groups in total. The van der Waals surface area contributed by atoms with Gasteiger partial charge in [-0.25, -0.2) is 14.3 Å². The van der Waals surface area contributed by atoms with Crippen molar-refractivity contribution in [3.05, 3.63) is 10.7 Å². The van der Waals surface area contributed by atoms with E-state index in [4.69, 9.17) is 9.56 Å². The summed E-state index contributed by atoms with van der Waals surface area (Å²) in [6, 6.07) is 0. The molecular formula is C19H41N3O4S2Si2. The summed E-state index contributed by atoms with van der Waals surface area (Å²) >= 11 is 1.05. The number of rotatable bonds is 7. The number of hydrogen-bond donors (Lipinski definition) is 3. The lowest BCUT2D eigenvalue weighted by Crippen LogP contribution is -2.40. The summed E-state index contributed by atoms with van der Waals surface area (Å²) in [5.74, 6) is 0. The zero-order chi connectivity index (χ0) is 24.0. The van der Waals surface area contributed by atoms with Crippen LogP contribution in [-0.4, -0.2) is 42.6 Å². The molecule has 1 rings (SSSR count). The molecule has 0 bridgehead atoms. The fourth-order valence-electron chi connectivity index (χ4n) is 1.94. The van der Waals surface area contributed by atoms with Gasteiger partial charge in [-0.3, -0.25) is 4.03 Å². The Hall–Kier alpha value is -0.146. The van der Waals surface area contributed by atoms with Gasteiger partial charge in [0.25, 0.3) is 0 Å². The van der Waals surface area contributed by atoms with Crippen molar-refractivity contribution in [1.82, 2.24) is 4.98 Å². The molecule has 0 amide bonds. The lowest BCUT2D eigenvalue weighted by Gasteiger charge is -2.36. The quantitative estimate of drug-likeness (QED) is 0.479. The van der Waals surface area contributed by atoms with Crippen LogP contribution in [0.4, 0.5) is 0 Å². The van der Waals surface area contributed by atoms with Crippen LogP contribution in [0.3, 0.4) is 0 Å². The molecule has 1 aromatic rings. The third-order valence-electron chi connectivity index (χ3n) is 6.27. The van der Waals surface area contributed by atoms with Gasteiger partial charge >= 0.3 is 0 Å². The van der Waals surface area contributed by atoms with E-state index in [2.05, 4.69) is 63.6 Å². The summed E-state index contributed by atoms with van der Waals surface area (Å²) in [5, 5.41) is 26.6. The van der Waals surface area contributed by atoms with Gasteiger partial charge in [-0.1, -0.05) is 41.5 Å². The molecule has 7 nitrogen and oxygen atoms in total. The second kappa shape index (κ2) is 8.66. The number of aliphatic hydroxyl groups is 2. The van der Waals surface area contributed by atoms with Crippen molar-refractivity contribution in [3.63, 3.8) is 0 Å². The summed E-state index contributed by atoms with van der Waals surface area (Å²) in [6.45, 7) is 22.1. The molecule has 0 fully saturated rings. The first-order valence-corrected chi connectivity index (χ1v) is 18.4. The first-order chi connectivity index (χ1) is 13.1. The van der Waals surface area contributed by atoms with E-state index in [1.165, 1.54) is 6.92 Å². The largest absolute Gasteiger partial charge is 0.411 e. The molecule has 0 aliphatic rings. The van der Waals surface area contributed by atoms with E-state index in [0.717, 1.165) is 11.3 Å². The highest BCUT2D eigenvalue weighted by Crippen LogP contribution is 2.40. The van der Waals surface area contributed by atoms with Gasteiger partial charge in [0, 0.05) is 0 Å². The minimum absolute atomic E-state index is 0.00174. The second-order valence-corrected chi connectivity index (χ2v) is 24.2. The highest BCUT2D eigenvalue weighted by Gasteiger charge is 2.40. The van der Waals surface area contributed by atoms with Gasteiger partial charge < -0.3 is 14.6 Å². The van der Waals surface area contributed by atoms with Gasteiger partial charge in [-0.15, -0.1) is 11.3 Å². The van der Waals surface area contributed by atoms with Gasteiger partial charge in [0.15, 0.2) is 16.6 Å². The maximum absolute atomic E-state index is 13.6. The molecule has 0 aliphatic carbocycles. The fraction of sp³-hybridized carbons (Fsp3) is 0.842. The molecule has 0 saturated heterocycles. The van der Waals surface area contributed by atoms with E-state index in [1.807, 2.05) is 13.1 Å². The smallest absolute Gasteiger partial charge is 0.195 e. The topological polar surface area (TPSA) is 118 Å². The van der Waals surface area contributed by atoms with Crippen LogP contribution in [0.1, 0.15) is 59.2 Å². The summed E-state index contributed by atoms with van der Waals surface area (Å²) in [6.07, 6.45) is 0. The molecule has 1 heterocycles. The summed E-state index contributed by atoms with van der Waals surface area (Å²) < 4.78 is 25.0. The van der Waals surface area contributed by atoms with Gasteiger partial charge in [0.05, 0.1) is 18.9 Å². The first kappa shape index (κ1) is 27.9. The summed E-state index contributed by atoms with van der Waals surface area (Å²) in [7, 11) is -7.66. The molecule has 0 aliphatic heterocycles.